The van der Waals surface area contributed by atoms with E-state index in [1.54, 1.807) is 72.8 Å². The number of esters is 1. The van der Waals surface area contributed by atoms with Crippen LogP contribution in [0.3, 0.4) is 0 Å². The molecule has 134 valence electrons. The van der Waals surface area contributed by atoms with Crippen molar-refractivity contribution in [3.05, 3.63) is 107 Å². The van der Waals surface area contributed by atoms with Crippen LogP contribution in [-0.4, -0.2) is 11.9 Å². The lowest BCUT2D eigenvalue weighted by atomic mass is 9.94. The van der Waals surface area contributed by atoms with Crippen molar-refractivity contribution in [1.82, 2.24) is 0 Å². The Kier molecular flexibility index (Phi) is 3.44. The van der Waals surface area contributed by atoms with Gasteiger partial charge in [-0.25, -0.2) is 13.6 Å². The summed E-state index contributed by atoms with van der Waals surface area (Å²) < 4.78 is 35.0. The molecule has 0 aliphatic heterocycles. The zero-order valence-electron chi connectivity index (χ0n) is 14.3. The van der Waals surface area contributed by atoms with E-state index < -0.39 is 29.8 Å². The summed E-state index contributed by atoms with van der Waals surface area (Å²) in [5.41, 5.74) is 2.84. The quantitative estimate of drug-likeness (QED) is 0.566. The monoisotopic (exact) mass is 362 g/mol. The number of benzene rings is 3. The van der Waals surface area contributed by atoms with Crippen LogP contribution in [0.25, 0.3) is 0 Å². The van der Waals surface area contributed by atoms with Gasteiger partial charge in [-0.05, 0) is 23.3 Å². The average Bonchev–Trinajstić information content (AvgIpc) is 3.31. The van der Waals surface area contributed by atoms with Gasteiger partial charge in [-0.3, -0.25) is 0 Å². The molecule has 3 aromatic rings. The SMILES string of the molecule is O=C(OC1c2ccccc2[C@@H]2[C@H](c3ccccc31)C2(F)F)c1ccccc1. The van der Waals surface area contributed by atoms with Gasteiger partial charge in [0.05, 0.1) is 17.4 Å². The summed E-state index contributed by atoms with van der Waals surface area (Å²) in [5, 5.41) is 0. The van der Waals surface area contributed by atoms with Crippen LogP contribution in [0, 0.1) is 0 Å². The van der Waals surface area contributed by atoms with Gasteiger partial charge < -0.3 is 4.74 Å². The molecule has 27 heavy (non-hydrogen) atoms. The molecule has 0 aromatic heterocycles. The van der Waals surface area contributed by atoms with E-state index in [0.29, 0.717) is 27.8 Å². The summed E-state index contributed by atoms with van der Waals surface area (Å²) in [4.78, 5) is 12.7. The molecule has 3 aromatic carbocycles. The molecule has 4 heteroatoms. The minimum absolute atomic E-state index is 0.437. The van der Waals surface area contributed by atoms with Crippen molar-refractivity contribution in [2.75, 3.05) is 0 Å². The number of hydrogen-bond donors (Lipinski definition) is 0. The maximum absolute atomic E-state index is 14.6. The highest BCUT2D eigenvalue weighted by Gasteiger charge is 2.71. The number of carbonyl (C=O) groups excluding carboxylic acids is 1. The molecule has 0 radical (unpaired) electrons. The standard InChI is InChI=1S/C23H16F2O2/c24-23(25)19-15-10-4-6-12-17(15)21(18-13-7-5-11-16(18)20(19)23)27-22(26)14-8-2-1-3-9-14/h1-13,19-21H/t19-,20+,21?. The first kappa shape index (κ1) is 16.2. The van der Waals surface area contributed by atoms with Crippen LogP contribution < -0.4 is 0 Å². The predicted octanol–water partition coefficient (Wildman–Crippen LogP) is 5.46. The third-order valence-corrected chi connectivity index (χ3v) is 5.51. The molecule has 5 rings (SSSR count). The smallest absolute Gasteiger partial charge is 0.339 e. The lowest BCUT2D eigenvalue weighted by Crippen LogP contribution is -2.16. The second-order valence-electron chi connectivity index (χ2n) is 7.04. The fourth-order valence-corrected chi connectivity index (χ4v) is 4.21. The summed E-state index contributed by atoms with van der Waals surface area (Å²) in [5.74, 6) is -4.97. The molecule has 0 spiro atoms. The zero-order chi connectivity index (χ0) is 18.6. The largest absolute Gasteiger partial charge is 0.449 e. The number of carbonyl (C=O) groups is 1. The molecule has 0 N–H and O–H groups in total. The molecule has 0 bridgehead atoms. The summed E-state index contributed by atoms with van der Waals surface area (Å²) >= 11 is 0. The number of fused-ring (bicyclic) bond motifs is 5. The molecular weight excluding hydrogens is 346 g/mol. The Balaban J connectivity index is 1.64. The van der Waals surface area contributed by atoms with Crippen LogP contribution in [-0.2, 0) is 4.74 Å². The molecule has 2 aliphatic carbocycles. The minimum atomic E-state index is -2.78. The number of halogens is 2. The Morgan fingerprint density at radius 2 is 1.15 bits per heavy atom. The van der Waals surface area contributed by atoms with Crippen molar-refractivity contribution in [2.24, 2.45) is 0 Å². The number of ether oxygens (including phenoxy) is 1. The van der Waals surface area contributed by atoms with Gasteiger partial charge in [0.15, 0.2) is 6.10 Å². The Hall–Kier alpha value is -3.01. The van der Waals surface area contributed by atoms with Gasteiger partial charge in [0.1, 0.15) is 0 Å². The van der Waals surface area contributed by atoms with E-state index in [0.717, 1.165) is 0 Å². The topological polar surface area (TPSA) is 26.3 Å². The van der Waals surface area contributed by atoms with Crippen LogP contribution in [0.2, 0.25) is 0 Å². The molecule has 0 amide bonds. The fourth-order valence-electron chi connectivity index (χ4n) is 4.21. The van der Waals surface area contributed by atoms with Gasteiger partial charge in [-0.2, -0.15) is 0 Å². The van der Waals surface area contributed by atoms with Gasteiger partial charge in [0, 0.05) is 11.1 Å². The van der Waals surface area contributed by atoms with Crippen molar-refractivity contribution in [1.29, 1.82) is 0 Å². The van der Waals surface area contributed by atoms with Crippen molar-refractivity contribution >= 4 is 5.97 Å². The maximum atomic E-state index is 14.6. The molecular formula is C23H16F2O2. The highest BCUT2D eigenvalue weighted by molar-refractivity contribution is 5.89. The summed E-state index contributed by atoms with van der Waals surface area (Å²) in [6, 6.07) is 22.9. The van der Waals surface area contributed by atoms with E-state index in [2.05, 4.69) is 0 Å². The average molecular weight is 362 g/mol. The van der Waals surface area contributed by atoms with Crippen molar-refractivity contribution < 1.29 is 18.3 Å². The molecule has 0 heterocycles. The van der Waals surface area contributed by atoms with Crippen LogP contribution in [0.15, 0.2) is 78.9 Å². The van der Waals surface area contributed by atoms with Crippen molar-refractivity contribution in [3.8, 4) is 0 Å². The molecule has 1 saturated carbocycles. The summed E-state index contributed by atoms with van der Waals surface area (Å²) in [6.07, 6.45) is -0.700. The lowest BCUT2D eigenvalue weighted by molar-refractivity contribution is 0.0372. The number of rotatable bonds is 2. The Bertz CT molecular complexity index is 974. The second-order valence-corrected chi connectivity index (χ2v) is 7.04. The van der Waals surface area contributed by atoms with Gasteiger partial charge >= 0.3 is 5.97 Å². The molecule has 1 fully saturated rings. The molecule has 0 saturated heterocycles. The Morgan fingerprint density at radius 3 is 1.67 bits per heavy atom. The first-order valence-corrected chi connectivity index (χ1v) is 8.90. The number of alkyl halides is 2. The lowest BCUT2D eigenvalue weighted by Gasteiger charge is -2.22. The predicted molar refractivity (Wildman–Crippen MR) is 97.0 cm³/mol. The minimum Gasteiger partial charge on any atom is -0.449 e. The number of hydrogen-bond acceptors (Lipinski definition) is 2. The van der Waals surface area contributed by atoms with Crippen LogP contribution in [0.4, 0.5) is 8.78 Å². The highest BCUT2D eigenvalue weighted by atomic mass is 19.3. The molecule has 3 atom stereocenters. The van der Waals surface area contributed by atoms with Crippen molar-refractivity contribution in [2.45, 2.75) is 23.9 Å². The van der Waals surface area contributed by atoms with Crippen molar-refractivity contribution in [3.63, 3.8) is 0 Å². The van der Waals surface area contributed by atoms with Crippen LogP contribution >= 0.6 is 0 Å². The van der Waals surface area contributed by atoms with E-state index in [4.69, 9.17) is 4.74 Å². The summed E-state index contributed by atoms with van der Waals surface area (Å²) in [6.45, 7) is 0. The Labute approximate surface area is 155 Å². The summed E-state index contributed by atoms with van der Waals surface area (Å²) in [7, 11) is 0. The molecule has 2 nitrogen and oxygen atoms in total. The van der Waals surface area contributed by atoms with Crippen LogP contribution in [0.5, 0.6) is 0 Å². The zero-order valence-corrected chi connectivity index (χ0v) is 14.3. The van der Waals surface area contributed by atoms with E-state index in [1.165, 1.54) is 0 Å². The van der Waals surface area contributed by atoms with Crippen LogP contribution in [0.1, 0.15) is 50.6 Å². The normalized spacial score (nSPS) is 24.0. The van der Waals surface area contributed by atoms with Gasteiger partial charge in [0.2, 0.25) is 0 Å². The third kappa shape index (κ3) is 2.40. The van der Waals surface area contributed by atoms with E-state index in [9.17, 15) is 13.6 Å². The molecule has 1 unspecified atom stereocenters. The first-order valence-electron chi connectivity index (χ1n) is 8.90. The van der Waals surface area contributed by atoms with Gasteiger partial charge in [-0.1, -0.05) is 66.7 Å². The van der Waals surface area contributed by atoms with Gasteiger partial charge in [-0.15, -0.1) is 0 Å². The molecule has 2 aliphatic rings. The Morgan fingerprint density at radius 1 is 0.704 bits per heavy atom. The third-order valence-electron chi connectivity index (χ3n) is 5.51. The second kappa shape index (κ2) is 5.74. The van der Waals surface area contributed by atoms with E-state index in [-0.39, 0.29) is 0 Å². The van der Waals surface area contributed by atoms with Gasteiger partial charge in [0.25, 0.3) is 5.92 Å². The maximum Gasteiger partial charge on any atom is 0.339 e. The highest BCUT2D eigenvalue weighted by Crippen LogP contribution is 2.70. The van der Waals surface area contributed by atoms with E-state index >= 15 is 0 Å². The fraction of sp³-hybridized carbons (Fsp3) is 0.174. The first-order chi connectivity index (χ1) is 13.1. The van der Waals surface area contributed by atoms with E-state index in [1.807, 2.05) is 6.07 Å².